The van der Waals surface area contributed by atoms with Crippen LogP contribution in [-0.4, -0.2) is 0 Å². The van der Waals surface area contributed by atoms with E-state index in [2.05, 4.69) is 29.8 Å². The molecule has 0 aromatic heterocycles. The summed E-state index contributed by atoms with van der Waals surface area (Å²) in [6, 6.07) is 6.00. The summed E-state index contributed by atoms with van der Waals surface area (Å²) in [7, 11) is 0. The van der Waals surface area contributed by atoms with Crippen LogP contribution in [0.2, 0.25) is 5.02 Å². The molecule has 0 heterocycles. The van der Waals surface area contributed by atoms with E-state index in [-0.39, 0.29) is 6.04 Å². The highest BCUT2D eigenvalue weighted by Gasteiger charge is 2.11. The molecule has 0 bridgehead atoms. The van der Waals surface area contributed by atoms with Crippen LogP contribution in [0.25, 0.3) is 0 Å². The van der Waals surface area contributed by atoms with Gasteiger partial charge < -0.3 is 5.73 Å². The predicted molar refractivity (Wildman–Crippen MR) is 70.2 cm³/mol. The summed E-state index contributed by atoms with van der Waals surface area (Å²) in [6.07, 6.45) is 2.19. The molecule has 1 rings (SSSR count). The van der Waals surface area contributed by atoms with Crippen LogP contribution in [0, 0.1) is 5.92 Å². The first-order valence-electron chi connectivity index (χ1n) is 5.25. The van der Waals surface area contributed by atoms with Gasteiger partial charge in [0.15, 0.2) is 0 Å². The molecule has 0 aliphatic rings. The number of nitrogens with two attached hydrogens (primary N) is 1. The topological polar surface area (TPSA) is 26.0 Å². The van der Waals surface area contributed by atoms with Crippen LogP contribution in [0.1, 0.15) is 38.3 Å². The average molecular weight is 291 g/mol. The van der Waals surface area contributed by atoms with Crippen LogP contribution in [0.5, 0.6) is 0 Å². The van der Waals surface area contributed by atoms with Gasteiger partial charge in [0, 0.05) is 10.5 Å². The van der Waals surface area contributed by atoms with Gasteiger partial charge in [-0.05, 0) is 46.0 Å². The molecule has 2 N–H and O–H groups in total. The minimum atomic E-state index is 0.105. The van der Waals surface area contributed by atoms with E-state index in [0.29, 0.717) is 5.92 Å². The third kappa shape index (κ3) is 3.78. The predicted octanol–water partition coefficient (Wildman–Crippen LogP) is 4.54. The molecule has 0 aliphatic heterocycles. The summed E-state index contributed by atoms with van der Waals surface area (Å²) < 4.78 is 0.918. The van der Waals surface area contributed by atoms with E-state index in [4.69, 9.17) is 17.3 Å². The highest BCUT2D eigenvalue weighted by Crippen LogP contribution is 2.28. The Kier molecular flexibility index (Phi) is 5.10. The summed E-state index contributed by atoms with van der Waals surface area (Å²) in [5.41, 5.74) is 7.27. The molecular weight excluding hydrogens is 273 g/mol. The van der Waals surface area contributed by atoms with Gasteiger partial charge in [0.1, 0.15) is 0 Å². The smallest absolute Gasteiger partial charge is 0.0548 e. The SMILES string of the molecule is CCC(C)CC(N)c1ccc(Cl)c(Br)c1. The van der Waals surface area contributed by atoms with Gasteiger partial charge >= 0.3 is 0 Å². The highest BCUT2D eigenvalue weighted by molar-refractivity contribution is 9.10. The largest absolute Gasteiger partial charge is 0.324 e. The third-order valence-electron chi connectivity index (χ3n) is 2.73. The maximum atomic E-state index is 6.13. The van der Waals surface area contributed by atoms with Gasteiger partial charge in [0.25, 0.3) is 0 Å². The van der Waals surface area contributed by atoms with E-state index >= 15 is 0 Å². The van der Waals surface area contributed by atoms with Gasteiger partial charge in [-0.15, -0.1) is 0 Å². The van der Waals surface area contributed by atoms with Gasteiger partial charge in [-0.2, -0.15) is 0 Å². The van der Waals surface area contributed by atoms with Crippen molar-refractivity contribution >= 4 is 27.5 Å². The van der Waals surface area contributed by atoms with Gasteiger partial charge in [-0.1, -0.05) is 37.9 Å². The monoisotopic (exact) mass is 289 g/mol. The lowest BCUT2D eigenvalue weighted by Crippen LogP contribution is -2.13. The Morgan fingerprint density at radius 2 is 2.13 bits per heavy atom. The molecule has 84 valence electrons. The molecule has 3 heteroatoms. The number of benzene rings is 1. The van der Waals surface area contributed by atoms with Crippen molar-refractivity contribution in [2.24, 2.45) is 11.7 Å². The third-order valence-corrected chi connectivity index (χ3v) is 3.94. The first-order valence-corrected chi connectivity index (χ1v) is 6.42. The lowest BCUT2D eigenvalue weighted by Gasteiger charge is -2.16. The molecule has 1 aromatic carbocycles. The Bertz CT molecular complexity index is 327. The van der Waals surface area contributed by atoms with E-state index in [1.807, 2.05) is 18.2 Å². The van der Waals surface area contributed by atoms with E-state index in [1.54, 1.807) is 0 Å². The fraction of sp³-hybridized carbons (Fsp3) is 0.500. The Labute approximate surface area is 105 Å². The lowest BCUT2D eigenvalue weighted by atomic mass is 9.95. The fourth-order valence-corrected chi connectivity index (χ4v) is 1.99. The molecule has 15 heavy (non-hydrogen) atoms. The normalized spacial score (nSPS) is 15.0. The zero-order chi connectivity index (χ0) is 11.4. The standard InChI is InChI=1S/C12H17BrClN/c1-3-8(2)6-12(15)9-4-5-11(14)10(13)7-9/h4-5,7-8,12H,3,6,15H2,1-2H3. The Hall–Kier alpha value is -0.0500. The fourth-order valence-electron chi connectivity index (χ4n) is 1.48. The van der Waals surface area contributed by atoms with Gasteiger partial charge in [0.2, 0.25) is 0 Å². The number of hydrogen-bond acceptors (Lipinski definition) is 1. The first kappa shape index (κ1) is 13.0. The summed E-state index contributed by atoms with van der Waals surface area (Å²) in [6.45, 7) is 4.42. The van der Waals surface area contributed by atoms with Crippen molar-refractivity contribution in [3.8, 4) is 0 Å². The van der Waals surface area contributed by atoms with Crippen molar-refractivity contribution in [1.29, 1.82) is 0 Å². The molecule has 0 saturated heterocycles. The second kappa shape index (κ2) is 5.88. The number of hydrogen-bond donors (Lipinski definition) is 1. The molecule has 2 unspecified atom stereocenters. The Balaban J connectivity index is 2.73. The summed E-state index contributed by atoms with van der Waals surface area (Å²) in [5, 5.41) is 0.731. The molecule has 0 amide bonds. The van der Waals surface area contributed by atoms with Crippen molar-refractivity contribution in [3.05, 3.63) is 33.3 Å². The maximum Gasteiger partial charge on any atom is 0.0548 e. The second-order valence-corrected chi connectivity index (χ2v) is 5.29. The van der Waals surface area contributed by atoms with Crippen molar-refractivity contribution in [3.63, 3.8) is 0 Å². The minimum absolute atomic E-state index is 0.105. The van der Waals surface area contributed by atoms with Gasteiger partial charge in [0.05, 0.1) is 5.02 Å². The summed E-state index contributed by atoms with van der Waals surface area (Å²) in [4.78, 5) is 0. The minimum Gasteiger partial charge on any atom is -0.324 e. The zero-order valence-corrected chi connectivity index (χ0v) is 11.5. The van der Waals surface area contributed by atoms with Crippen molar-refractivity contribution in [2.75, 3.05) is 0 Å². The molecule has 0 radical (unpaired) electrons. The van der Waals surface area contributed by atoms with Gasteiger partial charge in [-0.25, -0.2) is 0 Å². The number of halogens is 2. The van der Waals surface area contributed by atoms with Crippen LogP contribution in [-0.2, 0) is 0 Å². The molecular formula is C12H17BrClN. The van der Waals surface area contributed by atoms with Crippen molar-refractivity contribution < 1.29 is 0 Å². The van der Waals surface area contributed by atoms with Crippen LogP contribution >= 0.6 is 27.5 Å². The molecule has 1 aromatic rings. The lowest BCUT2D eigenvalue weighted by molar-refractivity contribution is 0.461. The Morgan fingerprint density at radius 3 is 2.67 bits per heavy atom. The zero-order valence-electron chi connectivity index (χ0n) is 9.13. The van der Waals surface area contributed by atoms with E-state index in [1.165, 1.54) is 6.42 Å². The molecule has 2 atom stereocenters. The van der Waals surface area contributed by atoms with E-state index in [0.717, 1.165) is 21.5 Å². The van der Waals surface area contributed by atoms with Crippen LogP contribution < -0.4 is 5.73 Å². The number of rotatable bonds is 4. The van der Waals surface area contributed by atoms with Crippen LogP contribution in [0.15, 0.2) is 22.7 Å². The van der Waals surface area contributed by atoms with Crippen molar-refractivity contribution in [2.45, 2.75) is 32.7 Å². The quantitative estimate of drug-likeness (QED) is 0.865. The average Bonchev–Trinajstić information content (AvgIpc) is 2.21. The molecule has 0 aliphatic carbocycles. The summed E-state index contributed by atoms with van der Waals surface area (Å²) >= 11 is 9.34. The Morgan fingerprint density at radius 1 is 1.47 bits per heavy atom. The van der Waals surface area contributed by atoms with Gasteiger partial charge in [-0.3, -0.25) is 0 Å². The highest BCUT2D eigenvalue weighted by atomic mass is 79.9. The van der Waals surface area contributed by atoms with Crippen LogP contribution in [0.3, 0.4) is 0 Å². The molecule has 0 saturated carbocycles. The molecule has 0 fully saturated rings. The summed E-state index contributed by atoms with van der Waals surface area (Å²) in [5.74, 6) is 0.662. The first-order chi connectivity index (χ1) is 7.04. The van der Waals surface area contributed by atoms with E-state index < -0.39 is 0 Å². The van der Waals surface area contributed by atoms with Crippen LogP contribution in [0.4, 0.5) is 0 Å². The second-order valence-electron chi connectivity index (χ2n) is 4.03. The molecule has 1 nitrogen and oxygen atoms in total. The molecule has 0 spiro atoms. The van der Waals surface area contributed by atoms with Crippen molar-refractivity contribution in [1.82, 2.24) is 0 Å². The van der Waals surface area contributed by atoms with E-state index in [9.17, 15) is 0 Å². The maximum absolute atomic E-state index is 6.13.